The Labute approximate surface area is 87.1 Å². The van der Waals surface area contributed by atoms with Gasteiger partial charge in [0.1, 0.15) is 6.42 Å². The quantitative estimate of drug-likeness (QED) is 0.386. The van der Waals surface area contributed by atoms with Crippen LogP contribution >= 0.6 is 0 Å². The molecule has 1 atom stereocenters. The molecule has 0 spiro atoms. The number of nitrogens with zero attached hydrogens (tertiary/aromatic N) is 2. The molecule has 7 heteroatoms. The van der Waals surface area contributed by atoms with Gasteiger partial charge in [-0.25, -0.2) is 0 Å². The Morgan fingerprint density at radius 3 is 2.60 bits per heavy atom. The van der Waals surface area contributed by atoms with Gasteiger partial charge in [-0.2, -0.15) is 0 Å². The molecule has 1 rings (SSSR count). The van der Waals surface area contributed by atoms with Crippen molar-refractivity contribution in [1.82, 2.24) is 0 Å². The average molecular weight is 218 g/mol. The van der Waals surface area contributed by atoms with Crippen molar-refractivity contribution in [3.05, 3.63) is 10.1 Å². The number of hydrogen-bond donors (Lipinski definition) is 0. The summed E-state index contributed by atoms with van der Waals surface area (Å²) in [6.07, 6.45) is -1.01. The summed E-state index contributed by atoms with van der Waals surface area (Å²) in [5.74, 6) is -0.190. The van der Waals surface area contributed by atoms with Crippen molar-refractivity contribution < 1.29 is 19.2 Å². The fraction of sp³-hybridized carbons (Fsp3) is 0.875. The molecule has 15 heavy (non-hydrogen) atoms. The second-order valence-corrected chi connectivity index (χ2v) is 2.89. The maximum atomic E-state index is 10.4. The zero-order valence-corrected chi connectivity index (χ0v) is 8.71. The summed E-state index contributed by atoms with van der Waals surface area (Å²) in [7, 11) is 0. The van der Waals surface area contributed by atoms with E-state index < -0.39 is 17.3 Å². The van der Waals surface area contributed by atoms with Crippen LogP contribution in [-0.4, -0.2) is 36.4 Å². The van der Waals surface area contributed by atoms with E-state index in [-0.39, 0.29) is 12.3 Å². The Balaban J connectivity index is 2.47. The lowest BCUT2D eigenvalue weighted by molar-refractivity contribution is -0.353. The van der Waals surface area contributed by atoms with Gasteiger partial charge >= 0.3 is 5.84 Å². The Hall–Kier alpha value is -1.21. The van der Waals surface area contributed by atoms with E-state index in [1.807, 2.05) is 13.8 Å². The van der Waals surface area contributed by atoms with Gasteiger partial charge in [0.2, 0.25) is 12.4 Å². The Morgan fingerprint density at radius 1 is 1.60 bits per heavy atom. The summed E-state index contributed by atoms with van der Waals surface area (Å²) in [4.78, 5) is 14.7. The fourth-order valence-corrected chi connectivity index (χ4v) is 1.23. The minimum Gasteiger partial charge on any atom is -0.358 e. The van der Waals surface area contributed by atoms with E-state index in [4.69, 9.17) is 14.3 Å². The molecule has 1 unspecified atom stereocenters. The molecule has 86 valence electrons. The lowest BCUT2D eigenvalue weighted by Crippen LogP contribution is -2.32. The van der Waals surface area contributed by atoms with Crippen molar-refractivity contribution in [1.29, 1.82) is 0 Å². The van der Waals surface area contributed by atoms with Gasteiger partial charge in [-0.1, -0.05) is 0 Å². The van der Waals surface area contributed by atoms with Gasteiger partial charge in [0.25, 0.3) is 0 Å². The van der Waals surface area contributed by atoms with Crippen molar-refractivity contribution in [3.8, 4) is 0 Å². The normalized spacial score (nSPS) is 20.2. The molecule has 0 bridgehead atoms. The Kier molecular flexibility index (Phi) is 4.44. The predicted octanol–water partition coefficient (Wildman–Crippen LogP) is 0.765. The van der Waals surface area contributed by atoms with Crippen molar-refractivity contribution in [2.24, 2.45) is 5.16 Å². The SMILES string of the molecule is CCOC(OCC)C1CC([N+](=O)[O-])=NO1. The molecule has 0 aromatic carbocycles. The zero-order valence-electron chi connectivity index (χ0n) is 8.71. The molecular formula is C8H14N2O5. The molecule has 0 saturated carbocycles. The Bertz CT molecular complexity index is 249. The molecule has 0 saturated heterocycles. The number of hydrogen-bond acceptors (Lipinski definition) is 6. The lowest BCUT2D eigenvalue weighted by Gasteiger charge is -2.18. The third kappa shape index (κ3) is 3.14. The predicted molar refractivity (Wildman–Crippen MR) is 51.0 cm³/mol. The minimum atomic E-state index is -0.596. The van der Waals surface area contributed by atoms with Crippen LogP contribution in [0.25, 0.3) is 0 Å². The first-order valence-corrected chi connectivity index (χ1v) is 4.79. The highest BCUT2D eigenvalue weighted by atomic mass is 16.7. The van der Waals surface area contributed by atoms with Gasteiger partial charge in [0, 0.05) is 13.2 Å². The molecule has 0 aromatic rings. The molecule has 0 N–H and O–H groups in total. The molecule has 0 aliphatic carbocycles. The van der Waals surface area contributed by atoms with Crippen molar-refractivity contribution in [3.63, 3.8) is 0 Å². The van der Waals surface area contributed by atoms with E-state index in [0.717, 1.165) is 0 Å². The highest BCUT2D eigenvalue weighted by Gasteiger charge is 2.38. The van der Waals surface area contributed by atoms with Crippen LogP contribution in [-0.2, 0) is 14.3 Å². The van der Waals surface area contributed by atoms with Crippen LogP contribution < -0.4 is 0 Å². The third-order valence-corrected chi connectivity index (χ3v) is 1.85. The number of ether oxygens (including phenoxy) is 2. The summed E-state index contributed by atoms with van der Waals surface area (Å²) in [5.41, 5.74) is 0. The van der Waals surface area contributed by atoms with Gasteiger partial charge in [-0.3, -0.25) is 4.84 Å². The minimum absolute atomic E-state index is 0.109. The monoisotopic (exact) mass is 218 g/mol. The van der Waals surface area contributed by atoms with E-state index in [2.05, 4.69) is 5.16 Å². The Morgan fingerprint density at radius 2 is 2.20 bits per heavy atom. The molecular weight excluding hydrogens is 204 g/mol. The van der Waals surface area contributed by atoms with E-state index >= 15 is 0 Å². The van der Waals surface area contributed by atoms with Gasteiger partial charge in [-0.15, -0.1) is 0 Å². The maximum Gasteiger partial charge on any atom is 0.389 e. The maximum absolute atomic E-state index is 10.4. The van der Waals surface area contributed by atoms with Crippen LogP contribution in [0.15, 0.2) is 5.16 Å². The fourth-order valence-electron chi connectivity index (χ4n) is 1.23. The summed E-state index contributed by atoms with van der Waals surface area (Å²) < 4.78 is 10.5. The standard InChI is InChI=1S/C8H14N2O5/c1-3-13-8(14-4-2)6-5-7(9-15-6)10(11)12/h6,8H,3-5H2,1-2H3. The largest absolute Gasteiger partial charge is 0.389 e. The number of amidine groups is 1. The van der Waals surface area contributed by atoms with Gasteiger partial charge in [0.05, 0.1) is 0 Å². The average Bonchev–Trinajstić information content (AvgIpc) is 2.66. The number of oxime groups is 1. The van der Waals surface area contributed by atoms with E-state index in [9.17, 15) is 10.1 Å². The highest BCUT2D eigenvalue weighted by Crippen LogP contribution is 2.17. The molecule has 0 radical (unpaired) electrons. The molecule has 1 aliphatic heterocycles. The van der Waals surface area contributed by atoms with Gasteiger partial charge in [0.15, 0.2) is 5.16 Å². The van der Waals surface area contributed by atoms with Crippen molar-refractivity contribution in [2.75, 3.05) is 13.2 Å². The summed E-state index contributed by atoms with van der Waals surface area (Å²) in [5, 5.41) is 13.8. The van der Waals surface area contributed by atoms with Gasteiger partial charge in [-0.05, 0) is 18.8 Å². The van der Waals surface area contributed by atoms with Crippen LogP contribution in [0.5, 0.6) is 0 Å². The summed E-state index contributed by atoms with van der Waals surface area (Å²) in [6.45, 7) is 4.54. The van der Waals surface area contributed by atoms with Crippen LogP contribution in [0.4, 0.5) is 0 Å². The van der Waals surface area contributed by atoms with Crippen molar-refractivity contribution >= 4 is 5.84 Å². The second-order valence-electron chi connectivity index (χ2n) is 2.89. The smallest absolute Gasteiger partial charge is 0.358 e. The molecule has 0 aromatic heterocycles. The first-order chi connectivity index (χ1) is 7.19. The molecule has 0 fully saturated rings. The lowest BCUT2D eigenvalue weighted by atomic mass is 10.2. The first kappa shape index (κ1) is 11.9. The topological polar surface area (TPSA) is 83.2 Å². The number of rotatable bonds is 5. The van der Waals surface area contributed by atoms with E-state index in [1.165, 1.54) is 0 Å². The van der Waals surface area contributed by atoms with Crippen molar-refractivity contribution in [2.45, 2.75) is 32.7 Å². The highest BCUT2D eigenvalue weighted by molar-refractivity contribution is 5.75. The number of nitro groups is 1. The molecule has 1 aliphatic rings. The van der Waals surface area contributed by atoms with Crippen LogP contribution in [0.1, 0.15) is 20.3 Å². The van der Waals surface area contributed by atoms with Crippen LogP contribution in [0.2, 0.25) is 0 Å². The van der Waals surface area contributed by atoms with Crippen LogP contribution in [0.3, 0.4) is 0 Å². The van der Waals surface area contributed by atoms with E-state index in [0.29, 0.717) is 13.2 Å². The van der Waals surface area contributed by atoms with Crippen LogP contribution in [0, 0.1) is 10.1 Å². The molecule has 0 amide bonds. The summed E-state index contributed by atoms with van der Waals surface area (Å²) in [6, 6.07) is 0. The van der Waals surface area contributed by atoms with Gasteiger partial charge < -0.3 is 19.6 Å². The zero-order chi connectivity index (χ0) is 11.3. The third-order valence-electron chi connectivity index (χ3n) is 1.85. The van der Waals surface area contributed by atoms with E-state index in [1.54, 1.807) is 0 Å². The molecule has 7 nitrogen and oxygen atoms in total. The second kappa shape index (κ2) is 5.62. The molecule has 1 heterocycles. The summed E-state index contributed by atoms with van der Waals surface area (Å²) >= 11 is 0. The first-order valence-electron chi connectivity index (χ1n) is 4.79.